The molecule has 1 aliphatic rings. The van der Waals surface area contributed by atoms with Crippen molar-refractivity contribution in [3.05, 3.63) is 59.4 Å². The molecule has 1 aliphatic heterocycles. The van der Waals surface area contributed by atoms with Gasteiger partial charge < -0.3 is 19.6 Å². The number of ether oxygens (including phenoxy) is 1. The highest BCUT2D eigenvalue weighted by Gasteiger charge is 2.25. The zero-order valence-corrected chi connectivity index (χ0v) is 17.3. The third-order valence-electron chi connectivity index (χ3n) is 4.65. The summed E-state index contributed by atoms with van der Waals surface area (Å²) in [7, 11) is 0. The molecule has 29 heavy (non-hydrogen) atoms. The zero-order valence-electron chi connectivity index (χ0n) is 17.3. The fourth-order valence-corrected chi connectivity index (χ4v) is 3.13. The highest BCUT2D eigenvalue weighted by molar-refractivity contribution is 5.69. The van der Waals surface area contributed by atoms with Gasteiger partial charge in [-0.15, -0.1) is 0 Å². The first kappa shape index (κ1) is 20.9. The number of aromatic nitrogens is 1. The SMILES string of the molecule is CC(C)(C)OC(=O)N1CCN(c2ccc(C=Cc3cccc(CO)c3)nc2)CC1. The fraction of sp³-hybridized carbons (Fsp3) is 0.391. The Morgan fingerprint density at radius 3 is 2.52 bits per heavy atom. The monoisotopic (exact) mass is 395 g/mol. The Bertz CT molecular complexity index is 848. The number of hydrogen-bond acceptors (Lipinski definition) is 5. The quantitative estimate of drug-likeness (QED) is 0.853. The Morgan fingerprint density at radius 2 is 1.90 bits per heavy atom. The molecule has 0 saturated carbocycles. The number of aliphatic hydroxyl groups excluding tert-OH is 1. The van der Waals surface area contributed by atoms with E-state index in [1.165, 1.54) is 0 Å². The van der Waals surface area contributed by atoms with Crippen molar-refractivity contribution in [2.45, 2.75) is 33.0 Å². The van der Waals surface area contributed by atoms with Crippen molar-refractivity contribution in [3.63, 3.8) is 0 Å². The summed E-state index contributed by atoms with van der Waals surface area (Å²) in [6.07, 6.45) is 5.56. The van der Waals surface area contributed by atoms with Gasteiger partial charge in [0.05, 0.1) is 24.2 Å². The van der Waals surface area contributed by atoms with Gasteiger partial charge in [-0.25, -0.2) is 4.79 Å². The van der Waals surface area contributed by atoms with E-state index in [1.807, 2.05) is 69.5 Å². The van der Waals surface area contributed by atoms with E-state index in [1.54, 1.807) is 4.90 Å². The summed E-state index contributed by atoms with van der Waals surface area (Å²) in [5.41, 5.74) is 3.37. The minimum atomic E-state index is -0.471. The third-order valence-corrected chi connectivity index (χ3v) is 4.65. The van der Waals surface area contributed by atoms with Crippen LogP contribution in [0.2, 0.25) is 0 Å². The van der Waals surface area contributed by atoms with Crippen molar-refractivity contribution in [2.24, 2.45) is 0 Å². The van der Waals surface area contributed by atoms with E-state index in [9.17, 15) is 9.90 Å². The van der Waals surface area contributed by atoms with E-state index in [0.29, 0.717) is 13.1 Å². The standard InChI is InChI=1S/C23H29N3O3/c1-23(2,3)29-22(28)26-13-11-25(12-14-26)21-10-9-20(24-16-21)8-7-18-5-4-6-19(15-18)17-27/h4-10,15-16,27H,11-14,17H2,1-3H3. The molecular weight excluding hydrogens is 366 g/mol. The molecule has 154 valence electrons. The predicted molar refractivity (Wildman–Crippen MR) is 116 cm³/mol. The van der Waals surface area contributed by atoms with Gasteiger partial charge in [-0.05, 0) is 56.2 Å². The number of piperazine rings is 1. The van der Waals surface area contributed by atoms with Gasteiger partial charge in [0.2, 0.25) is 0 Å². The first-order chi connectivity index (χ1) is 13.8. The number of amides is 1. The molecular formula is C23H29N3O3. The molecule has 0 radical (unpaired) electrons. The number of aliphatic hydroxyl groups is 1. The van der Waals surface area contributed by atoms with Gasteiger partial charge in [-0.3, -0.25) is 4.98 Å². The Labute approximate surface area is 172 Å². The summed E-state index contributed by atoms with van der Waals surface area (Å²) in [4.78, 5) is 20.7. The van der Waals surface area contributed by atoms with Crippen LogP contribution < -0.4 is 4.90 Å². The highest BCUT2D eigenvalue weighted by atomic mass is 16.6. The number of rotatable bonds is 4. The van der Waals surface area contributed by atoms with Crippen LogP contribution in [-0.2, 0) is 11.3 Å². The highest BCUT2D eigenvalue weighted by Crippen LogP contribution is 2.18. The molecule has 2 aromatic rings. The molecule has 1 fully saturated rings. The van der Waals surface area contributed by atoms with Gasteiger partial charge in [-0.1, -0.05) is 24.3 Å². The van der Waals surface area contributed by atoms with Gasteiger partial charge in [0, 0.05) is 26.2 Å². The molecule has 0 atom stereocenters. The molecule has 2 heterocycles. The van der Waals surface area contributed by atoms with Gasteiger partial charge >= 0.3 is 6.09 Å². The maximum Gasteiger partial charge on any atom is 0.410 e. The van der Waals surface area contributed by atoms with Crippen molar-refractivity contribution < 1.29 is 14.6 Å². The van der Waals surface area contributed by atoms with Crippen molar-refractivity contribution in [2.75, 3.05) is 31.1 Å². The number of pyridine rings is 1. The van der Waals surface area contributed by atoms with Crippen LogP contribution in [-0.4, -0.2) is 52.9 Å². The third kappa shape index (κ3) is 6.06. The smallest absolute Gasteiger partial charge is 0.410 e. The second-order valence-corrected chi connectivity index (χ2v) is 8.13. The molecule has 6 heteroatoms. The molecule has 1 aromatic carbocycles. The van der Waals surface area contributed by atoms with E-state index < -0.39 is 5.60 Å². The van der Waals surface area contributed by atoms with Crippen LogP contribution in [0.3, 0.4) is 0 Å². The van der Waals surface area contributed by atoms with Crippen LogP contribution in [0.25, 0.3) is 12.2 Å². The number of anilines is 1. The maximum atomic E-state index is 12.2. The lowest BCUT2D eigenvalue weighted by Crippen LogP contribution is -2.50. The second kappa shape index (κ2) is 9.09. The molecule has 0 spiro atoms. The number of carbonyl (C=O) groups is 1. The minimum Gasteiger partial charge on any atom is -0.444 e. The van der Waals surface area contributed by atoms with Crippen LogP contribution in [0, 0.1) is 0 Å². The number of benzene rings is 1. The Morgan fingerprint density at radius 1 is 1.14 bits per heavy atom. The van der Waals surface area contributed by atoms with Gasteiger partial charge in [0.15, 0.2) is 0 Å². The van der Waals surface area contributed by atoms with Crippen LogP contribution in [0.4, 0.5) is 10.5 Å². The van der Waals surface area contributed by atoms with E-state index in [-0.39, 0.29) is 12.7 Å². The molecule has 0 unspecified atom stereocenters. The zero-order chi connectivity index (χ0) is 20.9. The molecule has 1 amide bonds. The predicted octanol–water partition coefficient (Wildman–Crippen LogP) is 3.80. The van der Waals surface area contributed by atoms with E-state index in [0.717, 1.165) is 35.6 Å². The molecule has 1 N–H and O–H groups in total. The molecule has 0 aliphatic carbocycles. The number of carbonyl (C=O) groups excluding carboxylic acids is 1. The first-order valence-electron chi connectivity index (χ1n) is 9.91. The van der Waals surface area contributed by atoms with Crippen molar-refractivity contribution in [3.8, 4) is 0 Å². The lowest BCUT2D eigenvalue weighted by Gasteiger charge is -2.36. The fourth-order valence-electron chi connectivity index (χ4n) is 3.13. The summed E-state index contributed by atoms with van der Waals surface area (Å²) in [6, 6.07) is 11.8. The van der Waals surface area contributed by atoms with Gasteiger partial charge in [-0.2, -0.15) is 0 Å². The molecule has 0 bridgehead atoms. The molecule has 6 nitrogen and oxygen atoms in total. The summed E-state index contributed by atoms with van der Waals surface area (Å²) in [5, 5.41) is 9.23. The average Bonchev–Trinajstić information content (AvgIpc) is 2.72. The number of hydrogen-bond donors (Lipinski definition) is 1. The average molecular weight is 396 g/mol. The Hall–Kier alpha value is -2.86. The normalized spacial score (nSPS) is 15.0. The topological polar surface area (TPSA) is 65.9 Å². The number of nitrogens with zero attached hydrogens (tertiary/aromatic N) is 3. The van der Waals surface area contributed by atoms with Crippen molar-refractivity contribution in [1.82, 2.24) is 9.88 Å². The van der Waals surface area contributed by atoms with Gasteiger partial charge in [0.25, 0.3) is 0 Å². The lowest BCUT2D eigenvalue weighted by atomic mass is 10.1. The van der Waals surface area contributed by atoms with E-state index in [4.69, 9.17) is 4.74 Å². The summed E-state index contributed by atoms with van der Waals surface area (Å²) in [6.45, 7) is 8.46. The van der Waals surface area contributed by atoms with E-state index >= 15 is 0 Å². The van der Waals surface area contributed by atoms with Crippen LogP contribution >= 0.6 is 0 Å². The second-order valence-electron chi connectivity index (χ2n) is 8.13. The summed E-state index contributed by atoms with van der Waals surface area (Å²) in [5.74, 6) is 0. The summed E-state index contributed by atoms with van der Waals surface area (Å²) < 4.78 is 5.45. The Balaban J connectivity index is 1.55. The van der Waals surface area contributed by atoms with Crippen LogP contribution in [0.1, 0.15) is 37.6 Å². The van der Waals surface area contributed by atoms with Crippen molar-refractivity contribution >= 4 is 23.9 Å². The minimum absolute atomic E-state index is 0.0375. The largest absolute Gasteiger partial charge is 0.444 e. The molecule has 3 rings (SSSR count). The summed E-state index contributed by atoms with van der Waals surface area (Å²) >= 11 is 0. The first-order valence-corrected chi connectivity index (χ1v) is 9.91. The molecule has 1 saturated heterocycles. The van der Waals surface area contributed by atoms with Crippen molar-refractivity contribution in [1.29, 1.82) is 0 Å². The van der Waals surface area contributed by atoms with E-state index in [2.05, 4.69) is 16.0 Å². The molecule has 1 aromatic heterocycles. The van der Waals surface area contributed by atoms with Gasteiger partial charge in [0.1, 0.15) is 5.60 Å². The van der Waals surface area contributed by atoms with Crippen LogP contribution in [0.5, 0.6) is 0 Å². The van der Waals surface area contributed by atoms with Crippen LogP contribution in [0.15, 0.2) is 42.6 Å². The lowest BCUT2D eigenvalue weighted by molar-refractivity contribution is 0.0240. The maximum absolute atomic E-state index is 12.2. The Kier molecular flexibility index (Phi) is 6.54.